The third-order valence-corrected chi connectivity index (χ3v) is 3.60. The summed E-state index contributed by atoms with van der Waals surface area (Å²) in [7, 11) is 0. The van der Waals surface area contributed by atoms with E-state index in [1.54, 1.807) is 6.92 Å². The Morgan fingerprint density at radius 2 is 1.86 bits per heavy atom. The van der Waals surface area contributed by atoms with Crippen molar-refractivity contribution in [2.24, 2.45) is 0 Å². The number of ether oxygens (including phenoxy) is 1. The summed E-state index contributed by atoms with van der Waals surface area (Å²) in [6.45, 7) is 4.56. The maximum absolute atomic E-state index is 12.0. The maximum Gasteiger partial charge on any atom is 0.325 e. The largest absolute Gasteiger partial charge is 0.493 e. The van der Waals surface area contributed by atoms with Gasteiger partial charge < -0.3 is 9.72 Å². The summed E-state index contributed by atoms with van der Waals surface area (Å²) < 4.78 is 5.83. The Bertz CT molecular complexity index is 731. The van der Waals surface area contributed by atoms with Gasteiger partial charge in [-0.15, -0.1) is 0 Å². The van der Waals surface area contributed by atoms with Gasteiger partial charge in [0, 0.05) is 17.7 Å². The number of aromatic nitrogens is 2. The molecule has 0 saturated heterocycles. The van der Waals surface area contributed by atoms with Crippen molar-refractivity contribution in [2.45, 2.75) is 39.5 Å². The van der Waals surface area contributed by atoms with Crippen LogP contribution < -0.4 is 16.0 Å². The standard InChI is InChI=1S/C17H22N2O3/c1-3-4-7-10-22-15-9-6-5-8-13(15)11-14-12(2)18-17(21)19-16(14)20/h5-6,8-9H,3-4,7,10-11H2,1-2H3,(H2,18,19,20,21). The van der Waals surface area contributed by atoms with Crippen LogP contribution in [0.1, 0.15) is 43.0 Å². The number of rotatable bonds is 7. The third kappa shape index (κ3) is 4.10. The predicted octanol–water partition coefficient (Wildman–Crippen LogP) is 2.53. The van der Waals surface area contributed by atoms with Gasteiger partial charge in [0.05, 0.1) is 6.61 Å². The minimum absolute atomic E-state index is 0.345. The van der Waals surface area contributed by atoms with Crippen molar-refractivity contribution in [3.05, 3.63) is 61.9 Å². The molecule has 0 spiro atoms. The second-order valence-corrected chi connectivity index (χ2v) is 5.35. The quantitative estimate of drug-likeness (QED) is 0.772. The molecular formula is C17H22N2O3. The van der Waals surface area contributed by atoms with Gasteiger partial charge in [0.25, 0.3) is 5.56 Å². The van der Waals surface area contributed by atoms with E-state index in [2.05, 4.69) is 16.9 Å². The zero-order chi connectivity index (χ0) is 15.9. The first-order valence-electron chi connectivity index (χ1n) is 7.64. The van der Waals surface area contributed by atoms with E-state index in [1.165, 1.54) is 0 Å². The molecule has 0 saturated carbocycles. The number of hydrogen-bond donors (Lipinski definition) is 2. The van der Waals surface area contributed by atoms with Crippen molar-refractivity contribution >= 4 is 0 Å². The summed E-state index contributed by atoms with van der Waals surface area (Å²) in [6.07, 6.45) is 3.74. The van der Waals surface area contributed by atoms with Crippen LogP contribution in [0.15, 0.2) is 33.9 Å². The van der Waals surface area contributed by atoms with Crippen LogP contribution in [-0.2, 0) is 6.42 Å². The van der Waals surface area contributed by atoms with Crippen molar-refractivity contribution in [2.75, 3.05) is 6.61 Å². The number of unbranched alkanes of at least 4 members (excludes halogenated alkanes) is 2. The SMILES string of the molecule is CCCCCOc1ccccc1Cc1c(C)[nH]c(=O)[nH]c1=O. The summed E-state index contributed by atoms with van der Waals surface area (Å²) >= 11 is 0. The van der Waals surface area contributed by atoms with E-state index in [4.69, 9.17) is 4.74 Å². The van der Waals surface area contributed by atoms with E-state index in [0.717, 1.165) is 30.6 Å². The summed E-state index contributed by atoms with van der Waals surface area (Å²) in [4.78, 5) is 28.1. The fraction of sp³-hybridized carbons (Fsp3) is 0.412. The molecule has 2 rings (SSSR count). The predicted molar refractivity (Wildman–Crippen MR) is 86.7 cm³/mol. The summed E-state index contributed by atoms with van der Waals surface area (Å²) in [5.41, 5.74) is 1.27. The molecule has 0 aliphatic carbocycles. The lowest BCUT2D eigenvalue weighted by Crippen LogP contribution is -2.27. The van der Waals surface area contributed by atoms with Gasteiger partial charge in [0.15, 0.2) is 0 Å². The second kappa shape index (κ2) is 7.64. The summed E-state index contributed by atoms with van der Waals surface area (Å²) in [5.74, 6) is 0.795. The molecule has 1 aromatic heterocycles. The maximum atomic E-state index is 12.0. The van der Waals surface area contributed by atoms with Crippen LogP contribution in [0.4, 0.5) is 0 Å². The Morgan fingerprint density at radius 3 is 2.59 bits per heavy atom. The molecule has 118 valence electrons. The van der Waals surface area contributed by atoms with Crippen LogP contribution in [0.3, 0.4) is 0 Å². The van der Waals surface area contributed by atoms with Gasteiger partial charge in [-0.3, -0.25) is 9.78 Å². The normalized spacial score (nSPS) is 10.6. The molecule has 0 unspecified atom stereocenters. The lowest BCUT2D eigenvalue weighted by atomic mass is 10.0. The van der Waals surface area contributed by atoms with Crippen LogP contribution in [0, 0.1) is 6.92 Å². The molecule has 1 heterocycles. The van der Waals surface area contributed by atoms with E-state index in [-0.39, 0.29) is 5.56 Å². The minimum Gasteiger partial charge on any atom is -0.493 e. The molecular weight excluding hydrogens is 280 g/mol. The molecule has 0 aliphatic rings. The zero-order valence-electron chi connectivity index (χ0n) is 13.1. The van der Waals surface area contributed by atoms with E-state index in [1.807, 2.05) is 24.3 Å². The van der Waals surface area contributed by atoms with Crippen molar-refractivity contribution in [1.82, 2.24) is 9.97 Å². The van der Waals surface area contributed by atoms with Crippen LogP contribution in [0.25, 0.3) is 0 Å². The molecule has 5 heteroatoms. The van der Waals surface area contributed by atoms with Crippen LogP contribution in [0.5, 0.6) is 5.75 Å². The van der Waals surface area contributed by atoms with Gasteiger partial charge in [-0.1, -0.05) is 38.0 Å². The average molecular weight is 302 g/mol. The molecule has 2 N–H and O–H groups in total. The molecule has 0 aliphatic heterocycles. The fourth-order valence-corrected chi connectivity index (χ4v) is 2.35. The second-order valence-electron chi connectivity index (χ2n) is 5.35. The Hall–Kier alpha value is -2.30. The highest BCUT2D eigenvalue weighted by molar-refractivity contribution is 5.37. The monoisotopic (exact) mass is 302 g/mol. The molecule has 2 aromatic rings. The van der Waals surface area contributed by atoms with E-state index in [9.17, 15) is 9.59 Å². The molecule has 0 amide bonds. The Balaban J connectivity index is 2.20. The lowest BCUT2D eigenvalue weighted by molar-refractivity contribution is 0.303. The molecule has 0 radical (unpaired) electrons. The molecule has 1 aromatic carbocycles. The van der Waals surface area contributed by atoms with Crippen molar-refractivity contribution in [1.29, 1.82) is 0 Å². The molecule has 0 atom stereocenters. The van der Waals surface area contributed by atoms with Crippen molar-refractivity contribution in [3.8, 4) is 5.75 Å². The highest BCUT2D eigenvalue weighted by Gasteiger charge is 2.10. The van der Waals surface area contributed by atoms with Gasteiger partial charge in [0.2, 0.25) is 0 Å². The molecule has 0 fully saturated rings. The summed E-state index contributed by atoms with van der Waals surface area (Å²) in [6, 6.07) is 7.70. The van der Waals surface area contributed by atoms with Gasteiger partial charge in [-0.25, -0.2) is 4.79 Å². The highest BCUT2D eigenvalue weighted by Crippen LogP contribution is 2.21. The van der Waals surface area contributed by atoms with Gasteiger partial charge in [-0.05, 0) is 25.0 Å². The highest BCUT2D eigenvalue weighted by atomic mass is 16.5. The number of aromatic amines is 2. The van der Waals surface area contributed by atoms with Gasteiger partial charge >= 0.3 is 5.69 Å². The van der Waals surface area contributed by atoms with Gasteiger partial charge in [-0.2, -0.15) is 0 Å². The number of aryl methyl sites for hydroxylation is 1. The molecule has 5 nitrogen and oxygen atoms in total. The topological polar surface area (TPSA) is 75.0 Å². The zero-order valence-corrected chi connectivity index (χ0v) is 13.1. The van der Waals surface area contributed by atoms with E-state index >= 15 is 0 Å². The first kappa shape index (κ1) is 16.1. The van der Waals surface area contributed by atoms with Gasteiger partial charge in [0.1, 0.15) is 5.75 Å². The number of benzene rings is 1. The Kier molecular flexibility index (Phi) is 5.58. The first-order valence-corrected chi connectivity index (χ1v) is 7.64. The number of H-pyrrole nitrogens is 2. The lowest BCUT2D eigenvalue weighted by Gasteiger charge is -2.12. The van der Waals surface area contributed by atoms with E-state index in [0.29, 0.717) is 24.3 Å². The first-order chi connectivity index (χ1) is 10.6. The van der Waals surface area contributed by atoms with Crippen molar-refractivity contribution < 1.29 is 4.74 Å². The van der Waals surface area contributed by atoms with E-state index < -0.39 is 5.69 Å². The minimum atomic E-state index is -0.477. The molecule has 0 bridgehead atoms. The van der Waals surface area contributed by atoms with Crippen LogP contribution in [-0.4, -0.2) is 16.6 Å². The molecule has 22 heavy (non-hydrogen) atoms. The number of para-hydroxylation sites is 1. The number of hydrogen-bond acceptors (Lipinski definition) is 3. The Labute approximate surface area is 129 Å². The van der Waals surface area contributed by atoms with Crippen molar-refractivity contribution in [3.63, 3.8) is 0 Å². The van der Waals surface area contributed by atoms with Crippen LogP contribution in [0.2, 0.25) is 0 Å². The Morgan fingerprint density at radius 1 is 1.09 bits per heavy atom. The third-order valence-electron chi connectivity index (χ3n) is 3.60. The number of nitrogens with one attached hydrogen (secondary N) is 2. The summed E-state index contributed by atoms with van der Waals surface area (Å²) in [5, 5.41) is 0. The smallest absolute Gasteiger partial charge is 0.325 e. The fourth-order valence-electron chi connectivity index (χ4n) is 2.35. The average Bonchev–Trinajstić information content (AvgIpc) is 2.48. The van der Waals surface area contributed by atoms with Crippen LogP contribution >= 0.6 is 0 Å².